The maximum absolute atomic E-state index is 5.57. The minimum Gasteiger partial charge on any atom is -0.363 e. The molecule has 0 amide bonds. The van der Waals surface area contributed by atoms with E-state index in [1.165, 1.54) is 12.8 Å². The summed E-state index contributed by atoms with van der Waals surface area (Å²) in [6, 6.07) is 3.99. The second kappa shape index (κ2) is 4.44. The lowest BCUT2D eigenvalue weighted by atomic mass is 10.2. The Bertz CT molecular complexity index is 227. The van der Waals surface area contributed by atoms with Crippen LogP contribution < -0.4 is 0 Å². The lowest BCUT2D eigenvalue weighted by molar-refractivity contribution is -0.169. The van der Waals surface area contributed by atoms with Crippen molar-refractivity contribution < 1.29 is 9.47 Å². The molecule has 0 aliphatic carbocycles. The van der Waals surface area contributed by atoms with Crippen LogP contribution in [0.4, 0.5) is 0 Å². The first-order valence-corrected chi connectivity index (χ1v) is 4.80. The van der Waals surface area contributed by atoms with Gasteiger partial charge >= 0.3 is 0 Å². The highest BCUT2D eigenvalue weighted by Crippen LogP contribution is 2.14. The first-order chi connectivity index (χ1) is 6.45. The molecular formula is C10H15NO2. The maximum atomic E-state index is 5.57. The predicted octanol–water partition coefficient (Wildman–Crippen LogP) is 2.06. The van der Waals surface area contributed by atoms with Gasteiger partial charge in [-0.1, -0.05) is 0 Å². The lowest BCUT2D eigenvalue weighted by Gasteiger charge is -2.22. The Kier molecular flexibility index (Phi) is 3.00. The maximum Gasteiger partial charge on any atom is 0.158 e. The van der Waals surface area contributed by atoms with Crippen LogP contribution in [0.3, 0.4) is 0 Å². The molecule has 1 aliphatic heterocycles. The van der Waals surface area contributed by atoms with Crippen LogP contribution in [0.15, 0.2) is 18.3 Å². The number of nitrogens with one attached hydrogen (secondary N) is 1. The summed E-state index contributed by atoms with van der Waals surface area (Å²) in [6.45, 7) is 1.47. The standard InChI is InChI=1S/C10H15NO2/c1-2-7-12-10(5-1)13-8-9-4-3-6-11-9/h3-4,6,10-11H,1-2,5,7-8H2/t10-/m1/s1. The van der Waals surface area contributed by atoms with Gasteiger partial charge in [0.05, 0.1) is 6.61 Å². The van der Waals surface area contributed by atoms with Gasteiger partial charge in [-0.3, -0.25) is 0 Å². The Morgan fingerprint density at radius 3 is 3.23 bits per heavy atom. The lowest BCUT2D eigenvalue weighted by Crippen LogP contribution is -2.22. The van der Waals surface area contributed by atoms with Crippen LogP contribution in [0, 0.1) is 0 Å². The monoisotopic (exact) mass is 181 g/mol. The van der Waals surface area contributed by atoms with Crippen molar-refractivity contribution in [1.29, 1.82) is 0 Å². The van der Waals surface area contributed by atoms with Crippen LogP contribution in [0.1, 0.15) is 25.0 Å². The zero-order valence-corrected chi connectivity index (χ0v) is 7.66. The highest BCUT2D eigenvalue weighted by atomic mass is 16.7. The van der Waals surface area contributed by atoms with E-state index in [0.29, 0.717) is 6.61 Å². The Labute approximate surface area is 78.1 Å². The number of aromatic amines is 1. The summed E-state index contributed by atoms with van der Waals surface area (Å²) in [4.78, 5) is 3.10. The number of rotatable bonds is 3. The van der Waals surface area contributed by atoms with Gasteiger partial charge in [0.2, 0.25) is 0 Å². The fraction of sp³-hybridized carbons (Fsp3) is 0.600. The van der Waals surface area contributed by atoms with Crippen molar-refractivity contribution in [2.24, 2.45) is 0 Å². The van der Waals surface area contributed by atoms with E-state index < -0.39 is 0 Å². The molecule has 3 nitrogen and oxygen atoms in total. The molecule has 1 saturated heterocycles. The largest absolute Gasteiger partial charge is 0.363 e. The molecule has 1 atom stereocenters. The number of hydrogen-bond donors (Lipinski definition) is 1. The zero-order chi connectivity index (χ0) is 8.93. The quantitative estimate of drug-likeness (QED) is 0.774. The molecule has 1 N–H and O–H groups in total. The van der Waals surface area contributed by atoms with Crippen LogP contribution in [0.2, 0.25) is 0 Å². The first-order valence-electron chi connectivity index (χ1n) is 4.80. The molecule has 3 heteroatoms. The molecule has 0 radical (unpaired) electrons. The molecule has 0 bridgehead atoms. The van der Waals surface area contributed by atoms with Crippen molar-refractivity contribution in [2.75, 3.05) is 6.61 Å². The molecular weight excluding hydrogens is 166 g/mol. The first kappa shape index (κ1) is 8.78. The molecule has 0 unspecified atom stereocenters. The van der Waals surface area contributed by atoms with Gasteiger partial charge in [0.1, 0.15) is 0 Å². The van der Waals surface area contributed by atoms with E-state index in [-0.39, 0.29) is 6.29 Å². The van der Waals surface area contributed by atoms with Gasteiger partial charge in [-0.15, -0.1) is 0 Å². The second-order valence-corrected chi connectivity index (χ2v) is 3.30. The van der Waals surface area contributed by atoms with Gasteiger partial charge in [-0.25, -0.2) is 0 Å². The minimum absolute atomic E-state index is 0.0112. The summed E-state index contributed by atoms with van der Waals surface area (Å²) >= 11 is 0. The number of ether oxygens (including phenoxy) is 2. The summed E-state index contributed by atoms with van der Waals surface area (Å²) < 4.78 is 11.0. The highest BCUT2D eigenvalue weighted by Gasteiger charge is 2.13. The van der Waals surface area contributed by atoms with E-state index in [1.54, 1.807) is 0 Å². The van der Waals surface area contributed by atoms with Gasteiger partial charge in [0.25, 0.3) is 0 Å². The summed E-state index contributed by atoms with van der Waals surface area (Å²) in [5.41, 5.74) is 1.11. The third-order valence-corrected chi connectivity index (χ3v) is 2.22. The summed E-state index contributed by atoms with van der Waals surface area (Å²) in [6.07, 6.45) is 5.33. The van der Waals surface area contributed by atoms with Crippen molar-refractivity contribution >= 4 is 0 Å². The molecule has 1 fully saturated rings. The number of H-pyrrole nitrogens is 1. The molecule has 0 aromatic carbocycles. The van der Waals surface area contributed by atoms with Crippen LogP contribution in [0.5, 0.6) is 0 Å². The Hall–Kier alpha value is -0.800. The van der Waals surface area contributed by atoms with E-state index in [0.717, 1.165) is 18.7 Å². The van der Waals surface area contributed by atoms with Crippen molar-refractivity contribution in [3.63, 3.8) is 0 Å². The van der Waals surface area contributed by atoms with Gasteiger partial charge in [0.15, 0.2) is 6.29 Å². The van der Waals surface area contributed by atoms with E-state index in [1.807, 2.05) is 18.3 Å². The molecule has 1 aliphatic rings. The summed E-state index contributed by atoms with van der Waals surface area (Å²) in [5, 5.41) is 0. The Morgan fingerprint density at radius 1 is 1.54 bits per heavy atom. The zero-order valence-electron chi connectivity index (χ0n) is 7.66. The second-order valence-electron chi connectivity index (χ2n) is 3.30. The Morgan fingerprint density at radius 2 is 2.54 bits per heavy atom. The van der Waals surface area contributed by atoms with Crippen LogP contribution >= 0.6 is 0 Å². The molecule has 13 heavy (non-hydrogen) atoms. The van der Waals surface area contributed by atoms with E-state index in [4.69, 9.17) is 9.47 Å². The predicted molar refractivity (Wildman–Crippen MR) is 49.2 cm³/mol. The molecule has 1 aromatic rings. The van der Waals surface area contributed by atoms with Crippen molar-refractivity contribution in [1.82, 2.24) is 4.98 Å². The molecule has 0 spiro atoms. The molecule has 2 rings (SSSR count). The average molecular weight is 181 g/mol. The SMILES string of the molecule is c1c[nH]c(CO[C@@H]2CCCCO2)c1. The van der Waals surface area contributed by atoms with Gasteiger partial charge in [0, 0.05) is 18.5 Å². The molecule has 0 saturated carbocycles. The summed E-state index contributed by atoms with van der Waals surface area (Å²) in [5.74, 6) is 0. The topological polar surface area (TPSA) is 34.2 Å². The van der Waals surface area contributed by atoms with Crippen molar-refractivity contribution in [3.05, 3.63) is 24.0 Å². The van der Waals surface area contributed by atoms with Crippen LogP contribution in [-0.2, 0) is 16.1 Å². The number of hydrogen-bond acceptors (Lipinski definition) is 2. The normalized spacial score (nSPS) is 23.2. The number of aromatic nitrogens is 1. The van der Waals surface area contributed by atoms with Gasteiger partial charge in [-0.2, -0.15) is 0 Å². The van der Waals surface area contributed by atoms with Crippen molar-refractivity contribution in [3.8, 4) is 0 Å². The fourth-order valence-corrected chi connectivity index (χ4v) is 1.48. The van der Waals surface area contributed by atoms with Gasteiger partial charge < -0.3 is 14.5 Å². The summed E-state index contributed by atoms with van der Waals surface area (Å²) in [7, 11) is 0. The van der Waals surface area contributed by atoms with Crippen molar-refractivity contribution in [2.45, 2.75) is 32.2 Å². The van der Waals surface area contributed by atoms with E-state index in [2.05, 4.69) is 4.98 Å². The minimum atomic E-state index is 0.0112. The molecule has 2 heterocycles. The Balaban J connectivity index is 1.72. The van der Waals surface area contributed by atoms with E-state index >= 15 is 0 Å². The molecule has 1 aromatic heterocycles. The third-order valence-electron chi connectivity index (χ3n) is 2.22. The third kappa shape index (κ3) is 2.57. The average Bonchev–Trinajstić information content (AvgIpc) is 2.69. The van der Waals surface area contributed by atoms with Crippen LogP contribution in [-0.4, -0.2) is 17.9 Å². The smallest absolute Gasteiger partial charge is 0.158 e. The van der Waals surface area contributed by atoms with Gasteiger partial charge in [-0.05, 0) is 31.4 Å². The van der Waals surface area contributed by atoms with Crippen LogP contribution in [0.25, 0.3) is 0 Å². The highest BCUT2D eigenvalue weighted by molar-refractivity contribution is 5.01. The van der Waals surface area contributed by atoms with E-state index in [9.17, 15) is 0 Å². The fourth-order valence-electron chi connectivity index (χ4n) is 1.48. The molecule has 72 valence electrons.